The van der Waals surface area contributed by atoms with Crippen molar-refractivity contribution in [1.82, 2.24) is 10.2 Å². The molecule has 0 aliphatic carbocycles. The van der Waals surface area contributed by atoms with E-state index in [1.807, 2.05) is 17.4 Å². The van der Waals surface area contributed by atoms with Gasteiger partial charge in [0, 0.05) is 23.2 Å². The molecule has 0 saturated carbocycles. The average Bonchev–Trinajstić information content (AvgIpc) is 2.52. The van der Waals surface area contributed by atoms with Crippen LogP contribution in [0, 0.1) is 9.49 Å². The zero-order chi connectivity index (χ0) is 17.0. The summed E-state index contributed by atoms with van der Waals surface area (Å²) in [6, 6.07) is 7.27. The van der Waals surface area contributed by atoms with Crippen molar-refractivity contribution >= 4 is 34.4 Å². The molecule has 1 aromatic rings. The lowest BCUT2D eigenvalue weighted by atomic mass is 9.96. The first-order valence-corrected chi connectivity index (χ1v) is 8.25. The molecule has 0 aromatic heterocycles. The molecule has 1 N–H and O–H groups in total. The largest absolute Gasteiger partial charge is 0.471 e. The van der Waals surface area contributed by atoms with Crippen LogP contribution in [0.4, 0.5) is 13.2 Å². The average molecular weight is 440 g/mol. The van der Waals surface area contributed by atoms with Crippen molar-refractivity contribution in [3.63, 3.8) is 0 Å². The summed E-state index contributed by atoms with van der Waals surface area (Å²) in [6.07, 6.45) is -3.69. The van der Waals surface area contributed by atoms with Crippen LogP contribution < -0.4 is 5.32 Å². The number of carbonyl (C=O) groups is 2. The Balaban J connectivity index is 1.83. The Hall–Kier alpha value is -1.32. The van der Waals surface area contributed by atoms with E-state index in [2.05, 4.69) is 22.6 Å². The number of nitrogens with zero attached hydrogens (tertiary/aromatic N) is 1. The Morgan fingerprint density at radius 1 is 1.22 bits per heavy atom. The zero-order valence-corrected chi connectivity index (χ0v) is 14.4. The number of likely N-dealkylation sites (tertiary alicyclic amines) is 1. The van der Waals surface area contributed by atoms with Crippen molar-refractivity contribution in [3.8, 4) is 0 Å². The van der Waals surface area contributed by atoms with Gasteiger partial charge in [-0.15, -0.1) is 0 Å². The third-order valence-electron chi connectivity index (χ3n) is 3.81. The second-order valence-corrected chi connectivity index (χ2v) is 6.59. The first-order chi connectivity index (χ1) is 10.8. The highest BCUT2D eigenvalue weighted by Crippen LogP contribution is 2.21. The van der Waals surface area contributed by atoms with Gasteiger partial charge >= 0.3 is 12.1 Å². The fourth-order valence-electron chi connectivity index (χ4n) is 2.48. The van der Waals surface area contributed by atoms with Gasteiger partial charge in [0.2, 0.25) is 0 Å². The highest BCUT2D eigenvalue weighted by atomic mass is 127. The topological polar surface area (TPSA) is 49.4 Å². The fourth-order valence-corrected chi connectivity index (χ4v) is 3.10. The van der Waals surface area contributed by atoms with Crippen LogP contribution in [0.15, 0.2) is 24.3 Å². The minimum atomic E-state index is -4.85. The van der Waals surface area contributed by atoms with Crippen molar-refractivity contribution in [2.24, 2.45) is 5.92 Å². The summed E-state index contributed by atoms with van der Waals surface area (Å²) in [5.74, 6) is -2.01. The van der Waals surface area contributed by atoms with Crippen molar-refractivity contribution in [2.45, 2.75) is 19.0 Å². The molecule has 0 radical (unpaired) electrons. The molecule has 1 aliphatic heterocycles. The lowest BCUT2D eigenvalue weighted by Crippen LogP contribution is -2.44. The number of piperidine rings is 1. The van der Waals surface area contributed by atoms with E-state index in [0.717, 1.165) is 3.57 Å². The molecule has 2 rings (SSSR count). The summed E-state index contributed by atoms with van der Waals surface area (Å²) >= 11 is 2.10. The number of hydrogen-bond acceptors (Lipinski definition) is 2. The van der Waals surface area contributed by atoms with E-state index in [1.165, 1.54) is 0 Å². The van der Waals surface area contributed by atoms with E-state index in [0.29, 0.717) is 31.5 Å². The maximum atomic E-state index is 12.4. The molecule has 23 heavy (non-hydrogen) atoms. The Labute approximate surface area is 145 Å². The number of rotatable bonds is 3. The fraction of sp³-hybridized carbons (Fsp3) is 0.467. The number of alkyl halides is 3. The molecular weight excluding hydrogens is 424 g/mol. The molecule has 126 valence electrons. The molecule has 0 unspecified atom stereocenters. The summed E-state index contributed by atoms with van der Waals surface area (Å²) in [7, 11) is 0. The summed E-state index contributed by atoms with van der Waals surface area (Å²) in [6.45, 7) is 0.954. The third kappa shape index (κ3) is 4.82. The van der Waals surface area contributed by atoms with E-state index >= 15 is 0 Å². The lowest BCUT2D eigenvalue weighted by molar-refractivity contribution is -0.173. The van der Waals surface area contributed by atoms with Gasteiger partial charge in [0.05, 0.1) is 5.56 Å². The van der Waals surface area contributed by atoms with E-state index in [-0.39, 0.29) is 18.4 Å². The van der Waals surface area contributed by atoms with Crippen LogP contribution in [-0.2, 0) is 4.79 Å². The van der Waals surface area contributed by atoms with Crippen LogP contribution in [0.3, 0.4) is 0 Å². The molecule has 2 amide bonds. The number of hydrogen-bond donors (Lipinski definition) is 1. The molecule has 1 aliphatic rings. The van der Waals surface area contributed by atoms with Gasteiger partial charge in [0.15, 0.2) is 0 Å². The number of nitrogens with one attached hydrogen (secondary N) is 1. The van der Waals surface area contributed by atoms with E-state index in [9.17, 15) is 22.8 Å². The van der Waals surface area contributed by atoms with Crippen molar-refractivity contribution in [3.05, 3.63) is 33.4 Å². The highest BCUT2D eigenvalue weighted by molar-refractivity contribution is 14.1. The maximum absolute atomic E-state index is 12.4. The summed E-state index contributed by atoms with van der Waals surface area (Å²) in [5, 5.41) is 1.91. The summed E-state index contributed by atoms with van der Waals surface area (Å²) in [5.41, 5.74) is 0.636. The van der Waals surface area contributed by atoms with Gasteiger partial charge in [-0.3, -0.25) is 9.59 Å². The number of benzene rings is 1. The molecule has 0 spiro atoms. The SMILES string of the molecule is O=C(c1ccccc1I)N1CCC(CNC(=O)C(F)(F)F)CC1. The standard InChI is InChI=1S/C15H16F3IN2O2/c16-15(17,18)14(23)20-9-10-5-7-21(8-6-10)13(22)11-3-1-2-4-12(11)19/h1-4,10H,5-9H2,(H,20,23). The van der Waals surface area contributed by atoms with Crippen LogP contribution >= 0.6 is 22.6 Å². The molecule has 1 aromatic carbocycles. The molecule has 1 fully saturated rings. The number of halogens is 4. The summed E-state index contributed by atoms with van der Waals surface area (Å²) in [4.78, 5) is 24.9. The summed E-state index contributed by atoms with van der Waals surface area (Å²) < 4.78 is 37.3. The van der Waals surface area contributed by atoms with Gasteiger partial charge in [0.1, 0.15) is 0 Å². The van der Waals surface area contributed by atoms with Crippen molar-refractivity contribution in [2.75, 3.05) is 19.6 Å². The predicted octanol–water partition coefficient (Wildman–Crippen LogP) is 2.82. The molecule has 0 atom stereocenters. The van der Waals surface area contributed by atoms with E-state index in [4.69, 9.17) is 0 Å². The number of amides is 2. The van der Waals surface area contributed by atoms with E-state index in [1.54, 1.807) is 17.0 Å². The Morgan fingerprint density at radius 2 is 1.83 bits per heavy atom. The lowest BCUT2D eigenvalue weighted by Gasteiger charge is -2.32. The van der Waals surface area contributed by atoms with Gasteiger partial charge in [-0.05, 0) is 53.5 Å². The monoisotopic (exact) mass is 440 g/mol. The van der Waals surface area contributed by atoms with Gasteiger partial charge in [-0.1, -0.05) is 12.1 Å². The molecule has 0 bridgehead atoms. The first-order valence-electron chi connectivity index (χ1n) is 7.18. The van der Waals surface area contributed by atoms with Crippen LogP contribution in [-0.4, -0.2) is 42.5 Å². The van der Waals surface area contributed by atoms with Crippen molar-refractivity contribution < 1.29 is 22.8 Å². The quantitative estimate of drug-likeness (QED) is 0.736. The van der Waals surface area contributed by atoms with Crippen molar-refractivity contribution in [1.29, 1.82) is 0 Å². The minimum absolute atomic E-state index is 0.0107. The van der Waals surface area contributed by atoms with Gasteiger partial charge in [-0.2, -0.15) is 13.2 Å². The van der Waals surface area contributed by atoms with Crippen LogP contribution in [0.2, 0.25) is 0 Å². The van der Waals surface area contributed by atoms with Crippen LogP contribution in [0.1, 0.15) is 23.2 Å². The zero-order valence-electron chi connectivity index (χ0n) is 12.2. The Bertz CT molecular complexity index is 584. The predicted molar refractivity (Wildman–Crippen MR) is 86.9 cm³/mol. The molecule has 1 saturated heterocycles. The van der Waals surface area contributed by atoms with Crippen LogP contribution in [0.25, 0.3) is 0 Å². The number of carbonyl (C=O) groups excluding carboxylic acids is 2. The normalized spacial score (nSPS) is 16.3. The van der Waals surface area contributed by atoms with Gasteiger partial charge < -0.3 is 10.2 Å². The Morgan fingerprint density at radius 3 is 2.39 bits per heavy atom. The van der Waals surface area contributed by atoms with Gasteiger partial charge in [-0.25, -0.2) is 0 Å². The second kappa shape index (κ2) is 7.50. The molecule has 1 heterocycles. The Kier molecular flexibility index (Phi) is 5.88. The first kappa shape index (κ1) is 18.0. The smallest absolute Gasteiger partial charge is 0.348 e. The molecule has 8 heteroatoms. The highest BCUT2D eigenvalue weighted by Gasteiger charge is 2.38. The van der Waals surface area contributed by atoms with Gasteiger partial charge in [0.25, 0.3) is 5.91 Å². The molecule has 4 nitrogen and oxygen atoms in total. The maximum Gasteiger partial charge on any atom is 0.471 e. The second-order valence-electron chi connectivity index (χ2n) is 5.42. The third-order valence-corrected chi connectivity index (χ3v) is 4.76. The van der Waals surface area contributed by atoms with E-state index < -0.39 is 12.1 Å². The van der Waals surface area contributed by atoms with Crippen LogP contribution in [0.5, 0.6) is 0 Å². The minimum Gasteiger partial charge on any atom is -0.348 e. The molecular formula is C15H16F3IN2O2.